The van der Waals surface area contributed by atoms with Crippen LogP contribution >= 0.6 is 0 Å². The van der Waals surface area contributed by atoms with Crippen LogP contribution in [0.25, 0.3) is 44.3 Å². The van der Waals surface area contributed by atoms with Crippen LogP contribution < -0.4 is 9.13 Å². The molecular weight excluding hydrogens is 452 g/mol. The Morgan fingerprint density at radius 1 is 0.730 bits per heavy atom. The molecule has 0 amide bonds. The SMILES string of the molecule is Cc1ccc2[n+](c1)C1(c3ccccc3-2)c2ccc3c4c(oc3c2-c2cc3ccccc3c[n+]21)CCCC4. The van der Waals surface area contributed by atoms with Crippen LogP contribution in [-0.2, 0) is 18.5 Å². The fraction of sp³-hybridized carbons (Fsp3) is 0.176. The molecule has 3 aliphatic rings. The van der Waals surface area contributed by atoms with E-state index in [1.807, 2.05) is 0 Å². The summed E-state index contributed by atoms with van der Waals surface area (Å²) in [5, 5.41) is 3.80. The first-order valence-corrected chi connectivity index (χ1v) is 13.4. The van der Waals surface area contributed by atoms with Gasteiger partial charge in [-0.15, -0.1) is 9.13 Å². The molecule has 0 bridgehead atoms. The smallest absolute Gasteiger partial charge is 0.417 e. The quantitative estimate of drug-likeness (QED) is 0.225. The summed E-state index contributed by atoms with van der Waals surface area (Å²) < 4.78 is 11.8. The Labute approximate surface area is 215 Å². The van der Waals surface area contributed by atoms with Crippen molar-refractivity contribution in [3.8, 4) is 22.5 Å². The predicted octanol–water partition coefficient (Wildman–Crippen LogP) is 6.61. The van der Waals surface area contributed by atoms with Gasteiger partial charge in [0.05, 0.1) is 5.56 Å². The van der Waals surface area contributed by atoms with Crippen molar-refractivity contribution in [1.82, 2.24) is 0 Å². The first-order valence-electron chi connectivity index (χ1n) is 13.4. The average molecular weight is 479 g/mol. The molecule has 9 rings (SSSR count). The monoisotopic (exact) mass is 478 g/mol. The third-order valence-corrected chi connectivity index (χ3v) is 8.95. The molecule has 5 heterocycles. The van der Waals surface area contributed by atoms with Gasteiger partial charge in [0.25, 0.3) is 0 Å². The van der Waals surface area contributed by atoms with Gasteiger partial charge in [0.2, 0.25) is 11.4 Å². The highest BCUT2D eigenvalue weighted by Gasteiger charge is 2.67. The van der Waals surface area contributed by atoms with Crippen molar-refractivity contribution in [3.05, 3.63) is 119 Å². The van der Waals surface area contributed by atoms with E-state index in [1.54, 1.807) is 0 Å². The molecule has 3 aromatic heterocycles. The number of nitrogens with zero attached hydrogens (tertiary/aromatic N) is 2. The van der Waals surface area contributed by atoms with Crippen LogP contribution in [0, 0.1) is 6.92 Å². The van der Waals surface area contributed by atoms with E-state index in [0.717, 1.165) is 18.4 Å². The predicted molar refractivity (Wildman–Crippen MR) is 144 cm³/mol. The van der Waals surface area contributed by atoms with E-state index in [9.17, 15) is 0 Å². The molecular formula is C34H26N2O+2. The van der Waals surface area contributed by atoms with Crippen molar-refractivity contribution in [1.29, 1.82) is 0 Å². The third kappa shape index (κ3) is 2.29. The molecule has 1 atom stereocenters. The zero-order chi connectivity index (χ0) is 24.3. The van der Waals surface area contributed by atoms with Gasteiger partial charge in [-0.2, -0.15) is 0 Å². The highest BCUT2D eigenvalue weighted by atomic mass is 16.3. The van der Waals surface area contributed by atoms with Gasteiger partial charge in [-0.05, 0) is 68.0 Å². The summed E-state index contributed by atoms with van der Waals surface area (Å²) in [7, 11) is 0. The van der Waals surface area contributed by atoms with E-state index in [4.69, 9.17) is 4.42 Å². The number of aryl methyl sites for hydroxylation is 3. The van der Waals surface area contributed by atoms with Crippen LogP contribution in [0.1, 0.15) is 40.9 Å². The molecule has 3 aromatic carbocycles. The second-order valence-corrected chi connectivity index (χ2v) is 10.9. The van der Waals surface area contributed by atoms with Crippen molar-refractivity contribution < 1.29 is 13.6 Å². The molecule has 1 unspecified atom stereocenters. The van der Waals surface area contributed by atoms with Crippen molar-refractivity contribution >= 4 is 21.7 Å². The molecule has 3 heteroatoms. The molecule has 0 radical (unpaired) electrons. The molecule has 0 saturated heterocycles. The van der Waals surface area contributed by atoms with Gasteiger partial charge in [0, 0.05) is 40.5 Å². The van der Waals surface area contributed by atoms with Gasteiger partial charge in [-0.25, -0.2) is 0 Å². The highest BCUT2D eigenvalue weighted by Crippen LogP contribution is 2.50. The number of aromatic nitrogens is 2. The zero-order valence-corrected chi connectivity index (χ0v) is 20.8. The van der Waals surface area contributed by atoms with Crippen molar-refractivity contribution in [3.63, 3.8) is 0 Å². The van der Waals surface area contributed by atoms with Gasteiger partial charge in [0.15, 0.2) is 12.4 Å². The molecule has 2 aliphatic heterocycles. The molecule has 0 N–H and O–H groups in total. The summed E-state index contributed by atoms with van der Waals surface area (Å²) in [6.07, 6.45) is 9.30. The molecule has 6 aromatic rings. The van der Waals surface area contributed by atoms with Crippen molar-refractivity contribution in [2.45, 2.75) is 38.3 Å². The molecule has 3 nitrogen and oxygen atoms in total. The normalized spacial score (nSPS) is 18.6. The molecule has 37 heavy (non-hydrogen) atoms. The second-order valence-electron chi connectivity index (χ2n) is 10.9. The standard InChI is InChI=1S/C34H26N2O/c1-21-14-17-29-26-11-4-6-12-27(26)34(35(29)19-21)28-16-15-25-24-10-5-7-13-31(24)37-33(25)32(28)30-18-22-8-2-3-9-23(22)20-36(30)34/h2-4,6,8-9,11-12,14-20H,5,7,10,13H2,1H3/q+2. The lowest BCUT2D eigenvalue weighted by Gasteiger charge is -2.17. The lowest BCUT2D eigenvalue weighted by molar-refractivity contribution is -0.954. The topological polar surface area (TPSA) is 20.9 Å². The van der Waals surface area contributed by atoms with Crippen LogP contribution in [0.2, 0.25) is 0 Å². The zero-order valence-electron chi connectivity index (χ0n) is 20.8. The largest absolute Gasteiger partial charge is 0.460 e. The van der Waals surface area contributed by atoms with E-state index in [-0.39, 0.29) is 0 Å². The number of furan rings is 1. The van der Waals surface area contributed by atoms with Gasteiger partial charge in [0.1, 0.15) is 28.0 Å². The molecule has 1 aliphatic carbocycles. The number of pyridine rings is 2. The van der Waals surface area contributed by atoms with Crippen molar-refractivity contribution in [2.75, 3.05) is 0 Å². The van der Waals surface area contributed by atoms with Gasteiger partial charge >= 0.3 is 5.66 Å². The van der Waals surface area contributed by atoms with Crippen molar-refractivity contribution in [2.24, 2.45) is 0 Å². The summed E-state index contributed by atoms with van der Waals surface area (Å²) in [4.78, 5) is 0. The summed E-state index contributed by atoms with van der Waals surface area (Å²) >= 11 is 0. The van der Waals surface area contributed by atoms with Crippen LogP contribution in [-0.4, -0.2) is 0 Å². The number of hydrogen-bond acceptors (Lipinski definition) is 1. The average Bonchev–Trinajstić information content (AvgIpc) is 3.55. The maximum Gasteiger partial charge on any atom is 0.417 e. The van der Waals surface area contributed by atoms with Crippen LogP contribution in [0.4, 0.5) is 0 Å². The van der Waals surface area contributed by atoms with Gasteiger partial charge < -0.3 is 4.42 Å². The Balaban J connectivity index is 1.52. The number of hydrogen-bond donors (Lipinski definition) is 0. The molecule has 176 valence electrons. The molecule has 0 saturated carbocycles. The number of benzene rings is 3. The number of fused-ring (bicyclic) bond motifs is 15. The number of rotatable bonds is 0. The summed E-state index contributed by atoms with van der Waals surface area (Å²) in [6, 6.07) is 29.3. The third-order valence-electron chi connectivity index (χ3n) is 8.95. The second kappa shape index (κ2) is 6.74. The Hall–Kier alpha value is -4.24. The van der Waals surface area contributed by atoms with Gasteiger partial charge in [-0.1, -0.05) is 30.3 Å². The molecule has 1 spiro atoms. The minimum Gasteiger partial charge on any atom is -0.460 e. The van der Waals surface area contributed by atoms with Crippen LogP contribution in [0.5, 0.6) is 0 Å². The summed E-state index contributed by atoms with van der Waals surface area (Å²) in [6.45, 7) is 2.19. The Morgan fingerprint density at radius 2 is 1.54 bits per heavy atom. The van der Waals surface area contributed by atoms with E-state index >= 15 is 0 Å². The van der Waals surface area contributed by atoms with Crippen LogP contribution in [0.3, 0.4) is 0 Å². The fourth-order valence-electron chi connectivity index (χ4n) is 7.40. The minimum atomic E-state index is -0.506. The Kier molecular flexibility index (Phi) is 3.62. The summed E-state index contributed by atoms with van der Waals surface area (Å²) in [5.74, 6) is 1.19. The van der Waals surface area contributed by atoms with Gasteiger partial charge in [-0.3, -0.25) is 0 Å². The lowest BCUT2D eigenvalue weighted by Crippen LogP contribution is -2.71. The lowest BCUT2D eigenvalue weighted by atomic mass is 9.88. The van der Waals surface area contributed by atoms with E-state index in [0.29, 0.717) is 0 Å². The molecule has 0 fully saturated rings. The van der Waals surface area contributed by atoms with E-state index in [1.165, 1.54) is 79.5 Å². The summed E-state index contributed by atoms with van der Waals surface area (Å²) in [5.41, 5.74) is 10.9. The minimum absolute atomic E-state index is 0.506. The maximum absolute atomic E-state index is 6.78. The Morgan fingerprint density at radius 3 is 2.49 bits per heavy atom. The Bertz CT molecular complexity index is 1960. The van der Waals surface area contributed by atoms with E-state index < -0.39 is 5.66 Å². The van der Waals surface area contributed by atoms with Crippen LogP contribution in [0.15, 0.2) is 95.7 Å². The first-order chi connectivity index (χ1) is 18.2. The highest BCUT2D eigenvalue weighted by molar-refractivity contribution is 5.99. The fourth-order valence-corrected chi connectivity index (χ4v) is 7.40. The maximum atomic E-state index is 6.78. The first kappa shape index (κ1) is 19.9. The van der Waals surface area contributed by atoms with E-state index in [2.05, 4.69) is 107 Å².